The van der Waals surface area contributed by atoms with Crippen LogP contribution in [0.1, 0.15) is 18.5 Å². The monoisotopic (exact) mass is 285 g/mol. The highest BCUT2D eigenvalue weighted by molar-refractivity contribution is 7.89. The first-order chi connectivity index (χ1) is 8.85. The van der Waals surface area contributed by atoms with Gasteiger partial charge in [0, 0.05) is 32.4 Å². The molecular weight excluding hydrogens is 262 g/mol. The minimum atomic E-state index is -3.13. The van der Waals surface area contributed by atoms with Gasteiger partial charge in [0.1, 0.15) is 0 Å². The predicted octanol–water partition coefficient (Wildman–Crippen LogP) is 0.952. The Morgan fingerprint density at radius 2 is 1.79 bits per heavy atom. The van der Waals surface area contributed by atoms with Crippen LogP contribution in [0.3, 0.4) is 0 Å². The lowest BCUT2D eigenvalue weighted by Crippen LogP contribution is -2.30. The highest BCUT2D eigenvalue weighted by atomic mass is 32.2. The van der Waals surface area contributed by atoms with E-state index >= 15 is 0 Å². The van der Waals surface area contributed by atoms with Crippen LogP contribution in [0.5, 0.6) is 0 Å². The average molecular weight is 285 g/mol. The zero-order valence-electron chi connectivity index (χ0n) is 12.0. The summed E-state index contributed by atoms with van der Waals surface area (Å²) in [4.78, 5) is 2.04. The van der Waals surface area contributed by atoms with Crippen molar-refractivity contribution in [1.82, 2.24) is 10.0 Å². The largest absolute Gasteiger partial charge is 0.378 e. The molecule has 5 nitrogen and oxygen atoms in total. The van der Waals surface area contributed by atoms with E-state index in [1.54, 1.807) is 0 Å². The van der Waals surface area contributed by atoms with Crippen LogP contribution in [0, 0.1) is 0 Å². The summed E-state index contributed by atoms with van der Waals surface area (Å²) >= 11 is 0. The van der Waals surface area contributed by atoms with Crippen molar-refractivity contribution in [3.63, 3.8) is 0 Å². The maximum absolute atomic E-state index is 11.3. The highest BCUT2D eigenvalue weighted by Crippen LogP contribution is 2.17. The third-order valence-corrected chi connectivity index (χ3v) is 4.41. The molecule has 1 unspecified atom stereocenters. The van der Waals surface area contributed by atoms with Crippen LogP contribution in [0.25, 0.3) is 0 Å². The van der Waals surface area contributed by atoms with Crippen LogP contribution < -0.4 is 14.9 Å². The first kappa shape index (κ1) is 15.9. The van der Waals surface area contributed by atoms with Gasteiger partial charge in [0.2, 0.25) is 10.0 Å². The van der Waals surface area contributed by atoms with Crippen molar-refractivity contribution in [2.24, 2.45) is 0 Å². The van der Waals surface area contributed by atoms with Crippen LogP contribution in [0.15, 0.2) is 24.3 Å². The maximum atomic E-state index is 11.3. The van der Waals surface area contributed by atoms with E-state index in [0.29, 0.717) is 6.54 Å². The Bertz CT molecular complexity index is 483. The summed E-state index contributed by atoms with van der Waals surface area (Å²) in [5.74, 6) is 0.0869. The summed E-state index contributed by atoms with van der Waals surface area (Å²) < 4.78 is 24.9. The number of anilines is 1. The van der Waals surface area contributed by atoms with Crippen molar-refractivity contribution < 1.29 is 8.42 Å². The summed E-state index contributed by atoms with van der Waals surface area (Å²) in [6.07, 6.45) is 0. The molecule has 1 aromatic carbocycles. The van der Waals surface area contributed by atoms with Gasteiger partial charge in [0.25, 0.3) is 0 Å². The molecule has 0 aliphatic rings. The minimum Gasteiger partial charge on any atom is -0.378 e. The topological polar surface area (TPSA) is 61.4 Å². The first-order valence-corrected chi connectivity index (χ1v) is 7.93. The minimum absolute atomic E-state index is 0.0869. The Morgan fingerprint density at radius 1 is 1.21 bits per heavy atom. The molecule has 0 fully saturated rings. The molecule has 0 spiro atoms. The molecule has 0 aliphatic carbocycles. The summed E-state index contributed by atoms with van der Waals surface area (Å²) in [6, 6.07) is 8.35. The molecule has 0 aromatic heterocycles. The van der Waals surface area contributed by atoms with E-state index in [2.05, 4.69) is 34.3 Å². The number of benzene rings is 1. The maximum Gasteiger partial charge on any atom is 0.212 e. The van der Waals surface area contributed by atoms with Crippen LogP contribution >= 0.6 is 0 Å². The Labute approximate surface area is 116 Å². The van der Waals surface area contributed by atoms with Gasteiger partial charge in [-0.05, 0) is 31.7 Å². The molecule has 0 saturated carbocycles. The van der Waals surface area contributed by atoms with Gasteiger partial charge in [0.15, 0.2) is 0 Å². The third-order valence-electron chi connectivity index (χ3n) is 3.04. The van der Waals surface area contributed by atoms with Crippen molar-refractivity contribution in [3.05, 3.63) is 29.8 Å². The van der Waals surface area contributed by atoms with E-state index in [4.69, 9.17) is 0 Å². The van der Waals surface area contributed by atoms with Gasteiger partial charge in [-0.25, -0.2) is 13.1 Å². The van der Waals surface area contributed by atoms with E-state index < -0.39 is 10.0 Å². The van der Waals surface area contributed by atoms with Gasteiger partial charge < -0.3 is 10.2 Å². The summed E-state index contributed by atoms with van der Waals surface area (Å²) in [7, 11) is 2.29. The third kappa shape index (κ3) is 5.18. The summed E-state index contributed by atoms with van der Waals surface area (Å²) in [5.41, 5.74) is 2.29. The Morgan fingerprint density at radius 3 is 2.26 bits per heavy atom. The molecule has 1 rings (SSSR count). The van der Waals surface area contributed by atoms with Gasteiger partial charge >= 0.3 is 0 Å². The fraction of sp³-hybridized carbons (Fsp3) is 0.538. The molecule has 108 valence electrons. The van der Waals surface area contributed by atoms with Gasteiger partial charge in [0.05, 0.1) is 5.75 Å². The highest BCUT2D eigenvalue weighted by Gasteiger charge is 2.09. The number of hydrogen-bond donors (Lipinski definition) is 2. The van der Waals surface area contributed by atoms with Gasteiger partial charge in [-0.15, -0.1) is 0 Å². The molecule has 0 heterocycles. The molecule has 19 heavy (non-hydrogen) atoms. The van der Waals surface area contributed by atoms with Crippen LogP contribution in [-0.2, 0) is 10.0 Å². The predicted molar refractivity (Wildman–Crippen MR) is 80.0 cm³/mol. The summed E-state index contributed by atoms with van der Waals surface area (Å²) in [6.45, 7) is 2.45. The lowest BCUT2D eigenvalue weighted by Gasteiger charge is -2.17. The van der Waals surface area contributed by atoms with E-state index in [1.165, 1.54) is 7.05 Å². The van der Waals surface area contributed by atoms with Crippen LogP contribution in [0.2, 0.25) is 0 Å². The number of hydrogen-bond acceptors (Lipinski definition) is 4. The molecule has 0 aliphatic heterocycles. The Hall–Kier alpha value is -1.11. The van der Waals surface area contributed by atoms with E-state index in [1.807, 2.05) is 25.9 Å². The quantitative estimate of drug-likeness (QED) is 0.783. The van der Waals surface area contributed by atoms with Crippen LogP contribution in [0.4, 0.5) is 5.69 Å². The summed E-state index contributed by atoms with van der Waals surface area (Å²) in [5, 5.41) is 3.21. The van der Waals surface area contributed by atoms with Crippen molar-refractivity contribution >= 4 is 15.7 Å². The molecule has 0 radical (unpaired) electrons. The molecule has 1 aromatic rings. The van der Waals surface area contributed by atoms with E-state index in [0.717, 1.165) is 11.3 Å². The zero-order chi connectivity index (χ0) is 14.5. The van der Waals surface area contributed by atoms with Gasteiger partial charge in [-0.2, -0.15) is 0 Å². The number of nitrogens with zero attached hydrogens (tertiary/aromatic N) is 1. The normalized spacial score (nSPS) is 13.3. The molecule has 0 saturated heterocycles. The second-order valence-electron chi connectivity index (χ2n) is 4.68. The van der Waals surface area contributed by atoms with E-state index in [-0.39, 0.29) is 11.8 Å². The molecule has 0 bridgehead atoms. The molecule has 2 N–H and O–H groups in total. The Kier molecular flexibility index (Phi) is 5.78. The lowest BCUT2D eigenvalue weighted by atomic mass is 10.1. The average Bonchev–Trinajstić information content (AvgIpc) is 2.38. The molecular formula is C13H23N3O2S. The Balaban J connectivity index is 2.52. The fourth-order valence-electron chi connectivity index (χ4n) is 1.69. The second-order valence-corrected chi connectivity index (χ2v) is 6.73. The first-order valence-electron chi connectivity index (χ1n) is 6.27. The van der Waals surface area contributed by atoms with Crippen molar-refractivity contribution in [2.45, 2.75) is 13.0 Å². The van der Waals surface area contributed by atoms with Crippen molar-refractivity contribution in [1.29, 1.82) is 0 Å². The lowest BCUT2D eigenvalue weighted by molar-refractivity contribution is 0.567. The molecule has 0 amide bonds. The fourth-order valence-corrected chi connectivity index (χ4v) is 2.28. The van der Waals surface area contributed by atoms with E-state index in [9.17, 15) is 8.42 Å². The SMILES string of the molecule is CNS(=O)(=O)CCNC(C)c1ccc(N(C)C)cc1. The molecule has 1 atom stereocenters. The standard InChI is InChI=1S/C13H23N3O2S/c1-11(15-9-10-19(17,18)14-2)12-5-7-13(8-6-12)16(3)4/h5-8,11,14-15H,9-10H2,1-4H3. The molecule has 6 heteroatoms. The van der Waals surface area contributed by atoms with Crippen LogP contribution in [-0.4, -0.2) is 41.9 Å². The second kappa shape index (κ2) is 6.88. The van der Waals surface area contributed by atoms with Gasteiger partial charge in [-0.3, -0.25) is 0 Å². The number of nitrogens with one attached hydrogen (secondary N) is 2. The van der Waals surface area contributed by atoms with Crippen molar-refractivity contribution in [2.75, 3.05) is 38.3 Å². The number of sulfonamides is 1. The smallest absolute Gasteiger partial charge is 0.212 e. The number of rotatable bonds is 7. The zero-order valence-corrected chi connectivity index (χ0v) is 12.8. The van der Waals surface area contributed by atoms with Crippen molar-refractivity contribution in [3.8, 4) is 0 Å². The van der Waals surface area contributed by atoms with Gasteiger partial charge in [-0.1, -0.05) is 12.1 Å².